The van der Waals surface area contributed by atoms with Gasteiger partial charge in [-0.2, -0.15) is 0 Å². The van der Waals surface area contributed by atoms with Crippen molar-refractivity contribution in [2.45, 2.75) is 51.8 Å². The van der Waals surface area contributed by atoms with Crippen molar-refractivity contribution in [1.29, 1.82) is 0 Å². The van der Waals surface area contributed by atoms with Crippen molar-refractivity contribution in [3.05, 3.63) is 29.3 Å². The number of nitrogens with one attached hydrogen (secondary N) is 1. The molecule has 1 aliphatic rings. The van der Waals surface area contributed by atoms with E-state index >= 15 is 0 Å². The minimum absolute atomic E-state index is 0.0159. The van der Waals surface area contributed by atoms with Crippen molar-refractivity contribution >= 4 is 6.03 Å². The first-order valence-electron chi connectivity index (χ1n) is 8.11. The van der Waals surface area contributed by atoms with Crippen molar-refractivity contribution in [1.82, 2.24) is 10.2 Å². The van der Waals surface area contributed by atoms with Gasteiger partial charge in [0.15, 0.2) is 0 Å². The highest BCUT2D eigenvalue weighted by Crippen LogP contribution is 2.27. The second-order valence-corrected chi connectivity index (χ2v) is 6.79. The fraction of sp³-hybridized carbons (Fsp3) is 0.611. The maximum absolute atomic E-state index is 12.5. The molecular weight excluding hydrogens is 292 g/mol. The number of urea groups is 1. The number of nitrogens with zero attached hydrogens (tertiary/aromatic N) is 1. The van der Waals surface area contributed by atoms with Crippen LogP contribution in [-0.4, -0.2) is 43.3 Å². The molecule has 23 heavy (non-hydrogen) atoms. The third-order valence-corrected chi connectivity index (χ3v) is 4.45. The molecule has 1 N–H and O–H groups in total. The van der Waals surface area contributed by atoms with E-state index in [4.69, 9.17) is 9.47 Å². The van der Waals surface area contributed by atoms with E-state index in [9.17, 15) is 4.79 Å². The SMILES string of the molecule is COc1cccc2c1CCN(C(=O)N[C@H](C)CC(C)(C)OC)C2. The first-order valence-corrected chi connectivity index (χ1v) is 8.11. The zero-order valence-electron chi connectivity index (χ0n) is 14.8. The minimum Gasteiger partial charge on any atom is -0.496 e. The number of rotatable bonds is 5. The molecule has 0 aromatic heterocycles. The van der Waals surface area contributed by atoms with Crippen molar-refractivity contribution in [2.24, 2.45) is 0 Å². The van der Waals surface area contributed by atoms with E-state index in [1.165, 1.54) is 5.56 Å². The van der Waals surface area contributed by atoms with Crippen LogP contribution in [0.15, 0.2) is 18.2 Å². The average Bonchev–Trinajstić information content (AvgIpc) is 2.53. The Hall–Kier alpha value is -1.75. The molecule has 0 unspecified atom stereocenters. The highest BCUT2D eigenvalue weighted by Gasteiger charge is 2.26. The van der Waals surface area contributed by atoms with Crippen LogP contribution in [0.4, 0.5) is 4.79 Å². The van der Waals surface area contributed by atoms with E-state index in [2.05, 4.69) is 11.4 Å². The Morgan fingerprint density at radius 2 is 2.13 bits per heavy atom. The van der Waals surface area contributed by atoms with E-state index in [0.717, 1.165) is 24.2 Å². The summed E-state index contributed by atoms with van der Waals surface area (Å²) in [6, 6.07) is 6.06. The molecule has 1 atom stereocenters. The molecule has 1 aliphatic heterocycles. The lowest BCUT2D eigenvalue weighted by atomic mass is 9.98. The van der Waals surface area contributed by atoms with Crippen LogP contribution in [0.25, 0.3) is 0 Å². The summed E-state index contributed by atoms with van der Waals surface area (Å²) in [5, 5.41) is 3.08. The molecule has 128 valence electrons. The fourth-order valence-corrected chi connectivity index (χ4v) is 3.11. The van der Waals surface area contributed by atoms with Crippen LogP contribution < -0.4 is 10.1 Å². The molecule has 1 aromatic carbocycles. The van der Waals surface area contributed by atoms with Gasteiger partial charge in [-0.3, -0.25) is 0 Å². The molecule has 0 saturated heterocycles. The molecule has 1 heterocycles. The zero-order valence-corrected chi connectivity index (χ0v) is 14.8. The summed E-state index contributed by atoms with van der Waals surface area (Å²) in [4.78, 5) is 14.3. The molecule has 0 spiro atoms. The van der Waals surface area contributed by atoms with Crippen molar-refractivity contribution in [3.8, 4) is 5.75 Å². The Balaban J connectivity index is 1.97. The number of hydrogen-bond donors (Lipinski definition) is 1. The van der Waals surface area contributed by atoms with Crippen LogP contribution >= 0.6 is 0 Å². The summed E-state index contributed by atoms with van der Waals surface area (Å²) in [5.41, 5.74) is 2.14. The van der Waals surface area contributed by atoms with Gasteiger partial charge in [-0.05, 0) is 45.2 Å². The molecule has 0 radical (unpaired) electrons. The Bertz CT molecular complexity index is 557. The normalized spacial score (nSPS) is 15.8. The third kappa shape index (κ3) is 4.38. The van der Waals surface area contributed by atoms with E-state index in [0.29, 0.717) is 13.1 Å². The zero-order chi connectivity index (χ0) is 17.0. The van der Waals surface area contributed by atoms with Gasteiger partial charge in [0.2, 0.25) is 0 Å². The van der Waals surface area contributed by atoms with Gasteiger partial charge in [0.05, 0.1) is 12.7 Å². The lowest BCUT2D eigenvalue weighted by Gasteiger charge is -2.32. The quantitative estimate of drug-likeness (QED) is 0.907. The second-order valence-electron chi connectivity index (χ2n) is 6.79. The summed E-state index contributed by atoms with van der Waals surface area (Å²) in [6.07, 6.45) is 1.60. The Labute approximate surface area is 139 Å². The van der Waals surface area contributed by atoms with Gasteiger partial charge in [0.1, 0.15) is 5.75 Å². The van der Waals surface area contributed by atoms with Crippen LogP contribution in [0.5, 0.6) is 5.75 Å². The molecule has 2 rings (SSSR count). The maximum Gasteiger partial charge on any atom is 0.317 e. The number of carbonyl (C=O) groups excluding carboxylic acids is 1. The maximum atomic E-state index is 12.5. The first kappa shape index (κ1) is 17.6. The highest BCUT2D eigenvalue weighted by molar-refractivity contribution is 5.75. The lowest BCUT2D eigenvalue weighted by molar-refractivity contribution is 0.00910. The second kappa shape index (κ2) is 7.21. The topological polar surface area (TPSA) is 50.8 Å². The molecule has 5 nitrogen and oxygen atoms in total. The van der Waals surface area contributed by atoms with Crippen LogP contribution in [0.2, 0.25) is 0 Å². The van der Waals surface area contributed by atoms with Crippen molar-refractivity contribution < 1.29 is 14.3 Å². The largest absolute Gasteiger partial charge is 0.496 e. The molecule has 1 aromatic rings. The molecule has 5 heteroatoms. The number of fused-ring (bicyclic) bond motifs is 1. The van der Waals surface area contributed by atoms with E-state index in [-0.39, 0.29) is 17.7 Å². The number of ether oxygens (including phenoxy) is 2. The highest BCUT2D eigenvalue weighted by atomic mass is 16.5. The predicted octanol–water partition coefficient (Wildman–Crippen LogP) is 2.97. The van der Waals surface area contributed by atoms with Crippen molar-refractivity contribution in [3.63, 3.8) is 0 Å². The standard InChI is InChI=1S/C18H28N2O3/c1-13(11-18(2,3)23-5)19-17(21)20-10-9-15-14(12-20)7-6-8-16(15)22-4/h6-8,13H,9-12H2,1-5H3,(H,19,21)/t13-/m1/s1. The summed E-state index contributed by atoms with van der Waals surface area (Å²) in [7, 11) is 3.39. The summed E-state index contributed by atoms with van der Waals surface area (Å²) >= 11 is 0. The first-order chi connectivity index (χ1) is 10.9. The van der Waals surface area contributed by atoms with E-state index in [1.54, 1.807) is 14.2 Å². The van der Waals surface area contributed by atoms with Gasteiger partial charge in [-0.1, -0.05) is 12.1 Å². The van der Waals surface area contributed by atoms with Crippen LogP contribution in [0, 0.1) is 0 Å². The Morgan fingerprint density at radius 3 is 2.78 bits per heavy atom. The fourth-order valence-electron chi connectivity index (χ4n) is 3.11. The summed E-state index contributed by atoms with van der Waals surface area (Å²) in [5.74, 6) is 0.915. The van der Waals surface area contributed by atoms with E-state index in [1.807, 2.05) is 37.8 Å². The predicted molar refractivity (Wildman–Crippen MR) is 90.8 cm³/mol. The molecule has 0 bridgehead atoms. The van der Waals surface area contributed by atoms with E-state index < -0.39 is 0 Å². The van der Waals surface area contributed by atoms with Gasteiger partial charge in [0, 0.05) is 31.8 Å². The number of benzene rings is 1. The molecule has 0 fully saturated rings. The van der Waals surface area contributed by atoms with Gasteiger partial charge >= 0.3 is 6.03 Å². The third-order valence-electron chi connectivity index (χ3n) is 4.45. The van der Waals surface area contributed by atoms with Gasteiger partial charge in [0.25, 0.3) is 0 Å². The number of amides is 2. The van der Waals surface area contributed by atoms with Gasteiger partial charge < -0.3 is 19.7 Å². The minimum atomic E-state index is -0.242. The molecule has 2 amide bonds. The number of hydrogen-bond acceptors (Lipinski definition) is 3. The Kier molecular flexibility index (Phi) is 5.52. The van der Waals surface area contributed by atoms with Crippen LogP contribution in [0.3, 0.4) is 0 Å². The van der Waals surface area contributed by atoms with Crippen LogP contribution in [-0.2, 0) is 17.7 Å². The number of methoxy groups -OCH3 is 2. The van der Waals surface area contributed by atoms with Crippen LogP contribution in [0.1, 0.15) is 38.3 Å². The van der Waals surface area contributed by atoms with Crippen molar-refractivity contribution in [2.75, 3.05) is 20.8 Å². The average molecular weight is 320 g/mol. The van der Waals surface area contributed by atoms with Gasteiger partial charge in [-0.15, -0.1) is 0 Å². The molecular formula is C18H28N2O3. The summed E-state index contributed by atoms with van der Waals surface area (Å²) < 4.78 is 10.8. The Morgan fingerprint density at radius 1 is 1.39 bits per heavy atom. The van der Waals surface area contributed by atoms with Gasteiger partial charge in [-0.25, -0.2) is 4.79 Å². The monoisotopic (exact) mass is 320 g/mol. The summed E-state index contributed by atoms with van der Waals surface area (Å²) in [6.45, 7) is 7.40. The molecule has 0 saturated carbocycles. The number of carbonyl (C=O) groups is 1. The molecule has 0 aliphatic carbocycles. The smallest absolute Gasteiger partial charge is 0.317 e. The lowest BCUT2D eigenvalue weighted by Crippen LogP contribution is -2.47.